The summed E-state index contributed by atoms with van der Waals surface area (Å²) in [5, 5.41) is 2.70. The zero-order valence-corrected chi connectivity index (χ0v) is 14.9. The molecular formula is C16H16N2O5S2. The van der Waals surface area contributed by atoms with E-state index in [1.807, 2.05) is 0 Å². The van der Waals surface area contributed by atoms with Crippen LogP contribution in [0.25, 0.3) is 0 Å². The summed E-state index contributed by atoms with van der Waals surface area (Å²) in [5.74, 6) is -0.0906. The zero-order chi connectivity index (χ0) is 18.2. The first-order chi connectivity index (χ1) is 11.6. The maximum Gasteiger partial charge on any atom is 0.261 e. The van der Waals surface area contributed by atoms with E-state index in [0.29, 0.717) is 18.5 Å². The van der Waals surface area contributed by atoms with Gasteiger partial charge in [0.15, 0.2) is 9.84 Å². The Labute approximate surface area is 146 Å². The molecule has 2 N–H and O–H groups in total. The molecule has 0 atom stereocenters. The van der Waals surface area contributed by atoms with Gasteiger partial charge in [-0.25, -0.2) is 16.8 Å². The lowest BCUT2D eigenvalue weighted by atomic mass is 10.0. The highest BCUT2D eigenvalue weighted by molar-refractivity contribution is 7.92. The van der Waals surface area contributed by atoms with Gasteiger partial charge in [0.25, 0.3) is 10.0 Å². The molecule has 9 heteroatoms. The third-order valence-corrected chi connectivity index (χ3v) is 6.32. The number of hydrogen-bond donors (Lipinski definition) is 2. The molecule has 1 aliphatic rings. The number of fused-ring (bicyclic) bond motifs is 1. The highest BCUT2D eigenvalue weighted by atomic mass is 32.2. The van der Waals surface area contributed by atoms with Crippen LogP contribution in [0.15, 0.2) is 52.3 Å². The fourth-order valence-electron chi connectivity index (χ4n) is 2.51. The van der Waals surface area contributed by atoms with Crippen molar-refractivity contribution < 1.29 is 21.6 Å². The molecule has 0 spiro atoms. The van der Waals surface area contributed by atoms with Crippen LogP contribution in [0.2, 0.25) is 0 Å². The molecule has 132 valence electrons. The second-order valence-electron chi connectivity index (χ2n) is 5.77. The summed E-state index contributed by atoms with van der Waals surface area (Å²) >= 11 is 0. The van der Waals surface area contributed by atoms with Crippen LogP contribution in [0.5, 0.6) is 0 Å². The van der Waals surface area contributed by atoms with Crippen LogP contribution in [-0.4, -0.2) is 29.0 Å². The van der Waals surface area contributed by atoms with Gasteiger partial charge in [-0.3, -0.25) is 9.52 Å². The van der Waals surface area contributed by atoms with Crippen LogP contribution in [0, 0.1) is 0 Å². The second kappa shape index (κ2) is 6.16. The van der Waals surface area contributed by atoms with Gasteiger partial charge in [0, 0.05) is 24.1 Å². The van der Waals surface area contributed by atoms with Crippen molar-refractivity contribution in [2.24, 2.45) is 0 Å². The molecule has 2 aromatic carbocycles. The average Bonchev–Trinajstić information content (AvgIpc) is 2.53. The van der Waals surface area contributed by atoms with Crippen molar-refractivity contribution in [1.29, 1.82) is 0 Å². The van der Waals surface area contributed by atoms with Gasteiger partial charge in [-0.15, -0.1) is 0 Å². The van der Waals surface area contributed by atoms with Crippen molar-refractivity contribution >= 4 is 37.1 Å². The molecule has 1 amide bonds. The Morgan fingerprint density at radius 1 is 0.920 bits per heavy atom. The first-order valence-corrected chi connectivity index (χ1v) is 10.8. The minimum Gasteiger partial charge on any atom is -0.326 e. The number of rotatable bonds is 4. The van der Waals surface area contributed by atoms with Crippen LogP contribution >= 0.6 is 0 Å². The van der Waals surface area contributed by atoms with Crippen molar-refractivity contribution in [3.8, 4) is 0 Å². The smallest absolute Gasteiger partial charge is 0.261 e. The number of anilines is 2. The molecule has 1 heterocycles. The summed E-state index contributed by atoms with van der Waals surface area (Å²) in [7, 11) is -7.16. The predicted molar refractivity (Wildman–Crippen MR) is 93.8 cm³/mol. The fraction of sp³-hybridized carbons (Fsp3) is 0.188. The summed E-state index contributed by atoms with van der Waals surface area (Å²) in [6.07, 6.45) is 1.88. The molecule has 0 fully saturated rings. The van der Waals surface area contributed by atoms with E-state index in [-0.39, 0.29) is 21.4 Å². The Hall–Kier alpha value is -2.39. The molecule has 7 nitrogen and oxygen atoms in total. The van der Waals surface area contributed by atoms with Gasteiger partial charge < -0.3 is 5.32 Å². The molecule has 0 radical (unpaired) electrons. The number of sulfonamides is 1. The Morgan fingerprint density at radius 2 is 1.56 bits per heavy atom. The number of aryl methyl sites for hydroxylation is 1. The SMILES string of the molecule is CS(=O)(=O)c1ccc(NS(=O)(=O)c2ccc3c(c2)CCC(=O)N3)cc1. The van der Waals surface area contributed by atoms with Crippen molar-refractivity contribution in [2.45, 2.75) is 22.6 Å². The van der Waals surface area contributed by atoms with Crippen molar-refractivity contribution in [2.75, 3.05) is 16.3 Å². The van der Waals surface area contributed by atoms with E-state index in [4.69, 9.17) is 0 Å². The monoisotopic (exact) mass is 380 g/mol. The lowest BCUT2D eigenvalue weighted by molar-refractivity contribution is -0.116. The summed E-state index contributed by atoms with van der Waals surface area (Å²) in [6, 6.07) is 9.98. The summed E-state index contributed by atoms with van der Waals surface area (Å²) < 4.78 is 50.3. The summed E-state index contributed by atoms with van der Waals surface area (Å²) in [4.78, 5) is 11.6. The lowest BCUT2D eigenvalue weighted by Crippen LogP contribution is -2.20. The van der Waals surface area contributed by atoms with Gasteiger partial charge in [0.05, 0.1) is 9.79 Å². The molecule has 2 aromatic rings. The number of sulfone groups is 1. The third kappa shape index (κ3) is 3.83. The van der Waals surface area contributed by atoms with Gasteiger partial charge in [-0.2, -0.15) is 0 Å². The molecule has 1 aliphatic heterocycles. The largest absolute Gasteiger partial charge is 0.326 e. The Balaban J connectivity index is 1.86. The molecule has 0 aromatic heterocycles. The number of nitrogens with one attached hydrogen (secondary N) is 2. The van der Waals surface area contributed by atoms with Crippen molar-refractivity contribution in [3.05, 3.63) is 48.0 Å². The summed E-state index contributed by atoms with van der Waals surface area (Å²) in [5.41, 5.74) is 1.64. The molecule has 0 saturated heterocycles. The normalized spacial score (nSPS) is 14.5. The van der Waals surface area contributed by atoms with E-state index < -0.39 is 19.9 Å². The number of carbonyl (C=O) groups is 1. The van der Waals surface area contributed by atoms with Crippen LogP contribution in [-0.2, 0) is 31.1 Å². The van der Waals surface area contributed by atoms with E-state index in [9.17, 15) is 21.6 Å². The number of hydrogen-bond acceptors (Lipinski definition) is 5. The third-order valence-electron chi connectivity index (χ3n) is 3.82. The van der Waals surface area contributed by atoms with Gasteiger partial charge in [0.2, 0.25) is 5.91 Å². The van der Waals surface area contributed by atoms with Crippen LogP contribution in [0.3, 0.4) is 0 Å². The standard InChI is InChI=1S/C16H16N2O5S2/c1-24(20,21)13-5-3-12(4-6-13)18-25(22,23)14-7-8-15-11(10-14)2-9-16(19)17-15/h3-8,10,18H,2,9H2,1H3,(H,17,19). The number of amides is 1. The topological polar surface area (TPSA) is 109 Å². The van der Waals surface area contributed by atoms with Crippen LogP contribution in [0.4, 0.5) is 11.4 Å². The van der Waals surface area contributed by atoms with Gasteiger partial charge in [0.1, 0.15) is 0 Å². The Kier molecular flexibility index (Phi) is 4.29. The van der Waals surface area contributed by atoms with Gasteiger partial charge in [-0.1, -0.05) is 0 Å². The first kappa shape index (κ1) is 17.4. The minimum absolute atomic E-state index is 0.0783. The van der Waals surface area contributed by atoms with E-state index >= 15 is 0 Å². The van der Waals surface area contributed by atoms with Gasteiger partial charge in [-0.05, 0) is 54.4 Å². The number of carbonyl (C=O) groups excluding carboxylic acids is 1. The highest BCUT2D eigenvalue weighted by Crippen LogP contribution is 2.26. The molecule has 25 heavy (non-hydrogen) atoms. The van der Waals surface area contributed by atoms with Crippen molar-refractivity contribution in [1.82, 2.24) is 0 Å². The van der Waals surface area contributed by atoms with E-state index in [1.54, 1.807) is 6.07 Å². The second-order valence-corrected chi connectivity index (χ2v) is 9.47. The summed E-state index contributed by atoms with van der Waals surface area (Å²) in [6.45, 7) is 0. The van der Waals surface area contributed by atoms with Gasteiger partial charge >= 0.3 is 0 Å². The molecule has 0 bridgehead atoms. The quantitative estimate of drug-likeness (QED) is 0.840. The molecular weight excluding hydrogens is 364 g/mol. The zero-order valence-electron chi connectivity index (χ0n) is 13.3. The van der Waals surface area contributed by atoms with Crippen molar-refractivity contribution in [3.63, 3.8) is 0 Å². The maximum atomic E-state index is 12.5. The van der Waals surface area contributed by atoms with E-state index in [1.165, 1.54) is 36.4 Å². The molecule has 0 unspecified atom stereocenters. The minimum atomic E-state index is -3.82. The number of benzene rings is 2. The van der Waals surface area contributed by atoms with E-state index in [2.05, 4.69) is 10.0 Å². The molecule has 3 rings (SSSR count). The fourth-order valence-corrected chi connectivity index (χ4v) is 4.25. The first-order valence-electron chi connectivity index (χ1n) is 7.41. The van der Waals surface area contributed by atoms with E-state index in [0.717, 1.165) is 11.8 Å². The molecule has 0 saturated carbocycles. The Morgan fingerprint density at radius 3 is 2.20 bits per heavy atom. The van der Waals surface area contributed by atoms with Crippen LogP contribution < -0.4 is 10.0 Å². The van der Waals surface area contributed by atoms with Crippen LogP contribution in [0.1, 0.15) is 12.0 Å². The molecule has 0 aliphatic carbocycles. The Bertz CT molecular complexity index is 1040. The average molecular weight is 380 g/mol. The lowest BCUT2D eigenvalue weighted by Gasteiger charge is -2.18. The highest BCUT2D eigenvalue weighted by Gasteiger charge is 2.20. The maximum absolute atomic E-state index is 12.5. The predicted octanol–water partition coefficient (Wildman–Crippen LogP) is 1.78.